The number of hydrazine groups is 2. The summed E-state index contributed by atoms with van der Waals surface area (Å²) < 4.78 is 0. The van der Waals surface area contributed by atoms with Crippen LogP contribution in [0.3, 0.4) is 0 Å². The monoisotopic (exact) mass is 306 g/mol. The number of carbonyl (C=O) groups is 2. The van der Waals surface area contributed by atoms with Crippen molar-refractivity contribution in [2.45, 2.75) is 19.3 Å². The normalized spacial score (nSPS) is 13.8. The van der Waals surface area contributed by atoms with Crippen molar-refractivity contribution >= 4 is 11.8 Å². The first-order valence-electron chi connectivity index (χ1n) is 7.30. The minimum absolute atomic E-state index is 0.100. The molecule has 0 heterocycles. The summed E-state index contributed by atoms with van der Waals surface area (Å²) in [4.78, 5) is 24.4. The van der Waals surface area contributed by atoms with Crippen LogP contribution in [0.4, 0.5) is 0 Å². The van der Waals surface area contributed by atoms with Crippen LogP contribution in [-0.4, -0.2) is 50.0 Å². The van der Waals surface area contributed by atoms with Crippen molar-refractivity contribution in [1.29, 1.82) is 0 Å². The molecule has 6 nitrogen and oxygen atoms in total. The first-order chi connectivity index (χ1) is 10.3. The molecule has 22 heavy (non-hydrogen) atoms. The van der Waals surface area contributed by atoms with Gasteiger partial charge in [0.05, 0.1) is 0 Å². The van der Waals surface area contributed by atoms with E-state index in [4.69, 9.17) is 0 Å². The van der Waals surface area contributed by atoms with E-state index in [2.05, 4.69) is 10.9 Å². The summed E-state index contributed by atoms with van der Waals surface area (Å²) in [6.07, 6.45) is 0.254. The lowest BCUT2D eigenvalue weighted by Gasteiger charge is -2.25. The van der Waals surface area contributed by atoms with Crippen LogP contribution >= 0.6 is 0 Å². The second kappa shape index (κ2) is 8.51. The Labute approximate surface area is 132 Å². The standard InChI is InChI=1S/C16H26N4O2/c1-12(16(22)18-20(4)5)14(11-15(21)17-19(2)3)13-9-7-6-8-10-13/h6-10,12,14H,11H2,1-5H3,(H,17,21)(H,18,22). The second-order valence-electron chi connectivity index (χ2n) is 5.81. The van der Waals surface area contributed by atoms with E-state index in [0.29, 0.717) is 0 Å². The van der Waals surface area contributed by atoms with Crippen molar-refractivity contribution in [1.82, 2.24) is 20.9 Å². The van der Waals surface area contributed by atoms with Crippen molar-refractivity contribution in [2.24, 2.45) is 5.92 Å². The molecular formula is C16H26N4O2. The van der Waals surface area contributed by atoms with Crippen LogP contribution in [0.15, 0.2) is 30.3 Å². The number of benzene rings is 1. The third-order valence-electron chi connectivity index (χ3n) is 3.33. The number of carbonyl (C=O) groups excluding carboxylic acids is 2. The van der Waals surface area contributed by atoms with Gasteiger partial charge in [0.15, 0.2) is 0 Å². The fourth-order valence-corrected chi connectivity index (χ4v) is 2.28. The topological polar surface area (TPSA) is 64.7 Å². The lowest BCUT2D eigenvalue weighted by molar-refractivity contribution is -0.130. The summed E-state index contributed by atoms with van der Waals surface area (Å²) in [7, 11) is 7.05. The van der Waals surface area contributed by atoms with Crippen molar-refractivity contribution in [2.75, 3.05) is 28.2 Å². The molecule has 0 aromatic heterocycles. The van der Waals surface area contributed by atoms with Crippen LogP contribution in [0.2, 0.25) is 0 Å². The molecule has 0 aliphatic carbocycles. The van der Waals surface area contributed by atoms with Crippen LogP contribution in [-0.2, 0) is 9.59 Å². The van der Waals surface area contributed by atoms with Gasteiger partial charge in [0, 0.05) is 46.4 Å². The van der Waals surface area contributed by atoms with Gasteiger partial charge >= 0.3 is 0 Å². The molecule has 6 heteroatoms. The highest BCUT2D eigenvalue weighted by molar-refractivity contribution is 5.81. The maximum atomic E-state index is 12.3. The summed E-state index contributed by atoms with van der Waals surface area (Å²) >= 11 is 0. The molecule has 0 saturated heterocycles. The Bertz CT molecular complexity index is 488. The van der Waals surface area contributed by atoms with Gasteiger partial charge in [-0.2, -0.15) is 0 Å². The molecule has 1 aromatic rings. The van der Waals surface area contributed by atoms with Crippen LogP contribution in [0.25, 0.3) is 0 Å². The number of rotatable bonds is 7. The van der Waals surface area contributed by atoms with E-state index in [1.807, 2.05) is 37.3 Å². The molecule has 2 amide bonds. The van der Waals surface area contributed by atoms with Crippen LogP contribution in [0.1, 0.15) is 24.8 Å². The predicted molar refractivity (Wildman–Crippen MR) is 86.6 cm³/mol. The molecule has 2 unspecified atom stereocenters. The lowest BCUT2D eigenvalue weighted by atomic mass is 9.84. The molecule has 0 aliphatic rings. The molecule has 0 aliphatic heterocycles. The van der Waals surface area contributed by atoms with Gasteiger partial charge in [-0.15, -0.1) is 0 Å². The predicted octanol–water partition coefficient (Wildman–Crippen LogP) is 0.982. The molecule has 0 fully saturated rings. The Morgan fingerprint density at radius 1 is 1.00 bits per heavy atom. The lowest BCUT2D eigenvalue weighted by Crippen LogP contribution is -2.42. The number of hydrogen-bond donors (Lipinski definition) is 2. The fraction of sp³-hybridized carbons (Fsp3) is 0.500. The van der Waals surface area contributed by atoms with Gasteiger partial charge in [-0.25, -0.2) is 10.0 Å². The molecule has 0 saturated carbocycles. The molecule has 0 radical (unpaired) electrons. The number of nitrogens with one attached hydrogen (secondary N) is 2. The highest BCUT2D eigenvalue weighted by atomic mass is 16.2. The number of amides is 2. The van der Waals surface area contributed by atoms with Crippen molar-refractivity contribution in [3.63, 3.8) is 0 Å². The molecule has 0 spiro atoms. The zero-order chi connectivity index (χ0) is 16.7. The van der Waals surface area contributed by atoms with E-state index in [9.17, 15) is 9.59 Å². The average molecular weight is 306 g/mol. The zero-order valence-corrected chi connectivity index (χ0v) is 14.0. The van der Waals surface area contributed by atoms with E-state index < -0.39 is 0 Å². The van der Waals surface area contributed by atoms with E-state index in [0.717, 1.165) is 5.56 Å². The molecule has 2 atom stereocenters. The van der Waals surface area contributed by atoms with Gasteiger partial charge < -0.3 is 0 Å². The van der Waals surface area contributed by atoms with Crippen LogP contribution in [0.5, 0.6) is 0 Å². The SMILES string of the molecule is CC(C(=O)NN(C)C)C(CC(=O)NN(C)C)c1ccccc1. The Kier molecular flexibility index (Phi) is 7.01. The highest BCUT2D eigenvalue weighted by Crippen LogP contribution is 2.28. The largest absolute Gasteiger partial charge is 0.289 e. The van der Waals surface area contributed by atoms with Crippen molar-refractivity contribution < 1.29 is 9.59 Å². The summed E-state index contributed by atoms with van der Waals surface area (Å²) in [5.41, 5.74) is 6.47. The Balaban J connectivity index is 2.91. The summed E-state index contributed by atoms with van der Waals surface area (Å²) in [6, 6.07) is 9.66. The molecule has 1 aromatic carbocycles. The fourth-order valence-electron chi connectivity index (χ4n) is 2.28. The maximum Gasteiger partial charge on any atom is 0.237 e. The molecule has 2 N–H and O–H groups in total. The summed E-state index contributed by atoms with van der Waals surface area (Å²) in [5.74, 6) is -0.710. The van der Waals surface area contributed by atoms with E-state index >= 15 is 0 Å². The zero-order valence-electron chi connectivity index (χ0n) is 14.0. The Morgan fingerprint density at radius 2 is 1.55 bits per heavy atom. The van der Waals surface area contributed by atoms with Gasteiger partial charge in [-0.3, -0.25) is 20.4 Å². The first kappa shape index (κ1) is 18.1. The van der Waals surface area contributed by atoms with Gasteiger partial charge in [-0.05, 0) is 5.56 Å². The Hall–Kier alpha value is -1.92. The molecule has 122 valence electrons. The second-order valence-corrected chi connectivity index (χ2v) is 5.81. The van der Waals surface area contributed by atoms with E-state index in [1.54, 1.807) is 38.2 Å². The van der Waals surface area contributed by atoms with Crippen molar-refractivity contribution in [3.05, 3.63) is 35.9 Å². The minimum Gasteiger partial charge on any atom is -0.289 e. The van der Waals surface area contributed by atoms with Crippen LogP contribution in [0, 0.1) is 5.92 Å². The molecular weight excluding hydrogens is 280 g/mol. The van der Waals surface area contributed by atoms with E-state index in [1.165, 1.54) is 0 Å². The average Bonchev–Trinajstić information content (AvgIpc) is 2.43. The highest BCUT2D eigenvalue weighted by Gasteiger charge is 2.28. The minimum atomic E-state index is -0.322. The first-order valence-corrected chi connectivity index (χ1v) is 7.30. The Morgan fingerprint density at radius 3 is 2.05 bits per heavy atom. The van der Waals surface area contributed by atoms with E-state index in [-0.39, 0.29) is 30.1 Å². The van der Waals surface area contributed by atoms with Crippen molar-refractivity contribution in [3.8, 4) is 0 Å². The van der Waals surface area contributed by atoms with Crippen LogP contribution < -0.4 is 10.9 Å². The third kappa shape index (κ3) is 5.83. The van der Waals surface area contributed by atoms with Gasteiger partial charge in [0.2, 0.25) is 11.8 Å². The van der Waals surface area contributed by atoms with Gasteiger partial charge in [0.1, 0.15) is 0 Å². The summed E-state index contributed by atoms with van der Waals surface area (Å²) in [5, 5.41) is 3.22. The van der Waals surface area contributed by atoms with Gasteiger partial charge in [-0.1, -0.05) is 37.3 Å². The quantitative estimate of drug-likeness (QED) is 0.737. The maximum absolute atomic E-state index is 12.3. The number of hydrogen-bond acceptors (Lipinski definition) is 4. The van der Waals surface area contributed by atoms with Gasteiger partial charge in [0.25, 0.3) is 0 Å². The third-order valence-corrected chi connectivity index (χ3v) is 3.33. The molecule has 1 rings (SSSR count). The summed E-state index contributed by atoms with van der Waals surface area (Å²) in [6.45, 7) is 1.85. The smallest absolute Gasteiger partial charge is 0.237 e. The number of nitrogens with zero attached hydrogens (tertiary/aromatic N) is 2. The molecule has 0 bridgehead atoms.